The molecule has 11 heteroatoms. The molecule has 3 heterocycles. The molecule has 3 aromatic rings. The van der Waals surface area contributed by atoms with E-state index in [2.05, 4.69) is 24.9 Å². The number of hydrogen-bond donors (Lipinski definition) is 1. The molecule has 0 spiro atoms. The number of ether oxygens (including phenoxy) is 1. The van der Waals surface area contributed by atoms with Gasteiger partial charge in [-0.1, -0.05) is 0 Å². The summed E-state index contributed by atoms with van der Waals surface area (Å²) in [5, 5.41) is 3.53. The van der Waals surface area contributed by atoms with Gasteiger partial charge in [-0.25, -0.2) is 23.4 Å². The second-order valence-electron chi connectivity index (χ2n) is 8.41. The van der Waals surface area contributed by atoms with Gasteiger partial charge in [0, 0.05) is 44.8 Å². The number of methoxy groups -OCH3 is 1. The van der Waals surface area contributed by atoms with Crippen LogP contribution < -0.4 is 15.9 Å². The molecule has 1 aromatic heterocycles. The molecule has 2 aromatic carbocycles. The lowest BCUT2D eigenvalue weighted by atomic mass is 10.1. The summed E-state index contributed by atoms with van der Waals surface area (Å²) in [6, 6.07) is 6.02. The largest absolute Gasteiger partial charge is 0.465 e. The van der Waals surface area contributed by atoms with Gasteiger partial charge in [0.15, 0.2) is 5.82 Å². The first-order chi connectivity index (χ1) is 16.9. The molecule has 35 heavy (non-hydrogen) atoms. The predicted octanol–water partition coefficient (Wildman–Crippen LogP) is 2.89. The minimum atomic E-state index is -0.590. The molecule has 1 saturated heterocycles. The van der Waals surface area contributed by atoms with Crippen LogP contribution in [0.4, 0.5) is 26.0 Å². The normalized spacial score (nSPS) is 15.4. The summed E-state index contributed by atoms with van der Waals surface area (Å²) in [6.45, 7) is 4.74. The van der Waals surface area contributed by atoms with Crippen LogP contribution >= 0.6 is 0 Å². The highest BCUT2D eigenvalue weighted by Gasteiger charge is 2.25. The Hall–Kier alpha value is -3.86. The van der Waals surface area contributed by atoms with Gasteiger partial charge in [-0.3, -0.25) is 9.47 Å². The molecule has 2 aliphatic rings. The molecule has 1 N–H and O–H groups in total. The molecule has 2 aliphatic heterocycles. The first kappa shape index (κ1) is 22.9. The first-order valence-electron chi connectivity index (χ1n) is 11.3. The molecule has 182 valence electrons. The summed E-state index contributed by atoms with van der Waals surface area (Å²) in [6.07, 6.45) is 1.49. The number of nitrogens with zero attached hydrogens (tertiary/aromatic N) is 5. The Morgan fingerprint density at radius 1 is 1.17 bits per heavy atom. The standard InChI is InChI=1S/C24H24F2N6O3/c1-3-32-22-19-17(27-13-28-22)11-15(20(26)21(19)29-24(32)34)12-30-6-8-31(9-7-30)18-5-4-14(10-16(18)25)23(33)35-2/h4-5,10-11,13H,3,6-9,12H2,1-2H3,(H,27,28). The number of halogens is 2. The maximum atomic E-state index is 15.5. The van der Waals surface area contributed by atoms with Gasteiger partial charge < -0.3 is 15.0 Å². The second kappa shape index (κ2) is 9.06. The lowest BCUT2D eigenvalue weighted by Gasteiger charge is -2.36. The lowest BCUT2D eigenvalue weighted by Crippen LogP contribution is -2.46. The number of carbonyl (C=O) groups excluding carboxylic acids is 1. The number of rotatable bonds is 5. The zero-order valence-electron chi connectivity index (χ0n) is 19.3. The Kier molecular flexibility index (Phi) is 5.93. The van der Waals surface area contributed by atoms with Gasteiger partial charge in [-0.05, 0) is 31.2 Å². The predicted molar refractivity (Wildman–Crippen MR) is 129 cm³/mol. The van der Waals surface area contributed by atoms with Crippen LogP contribution in [0.25, 0.3) is 10.9 Å². The van der Waals surface area contributed by atoms with Crippen molar-refractivity contribution in [3.05, 3.63) is 57.5 Å². The number of benzene rings is 2. The molecule has 0 aliphatic carbocycles. The van der Waals surface area contributed by atoms with E-state index in [1.54, 1.807) is 12.1 Å². The summed E-state index contributed by atoms with van der Waals surface area (Å²) >= 11 is 0. The molecule has 0 bridgehead atoms. The average Bonchev–Trinajstić information content (AvgIpc) is 2.87. The number of aliphatic imine (C=N–C) groups is 1. The number of anilines is 2. The Bertz CT molecular complexity index is 1410. The Balaban J connectivity index is 1.35. The van der Waals surface area contributed by atoms with Gasteiger partial charge in [0.25, 0.3) is 0 Å². The monoisotopic (exact) mass is 482 g/mol. The number of hydrogen-bond acceptors (Lipinski definition) is 8. The fourth-order valence-corrected chi connectivity index (χ4v) is 4.62. The van der Waals surface area contributed by atoms with E-state index in [1.807, 2.05) is 11.8 Å². The molecular formula is C24H24F2N6O3. The van der Waals surface area contributed by atoms with E-state index in [-0.39, 0.29) is 11.1 Å². The smallest absolute Gasteiger partial charge is 0.349 e. The van der Waals surface area contributed by atoms with E-state index in [4.69, 9.17) is 0 Å². The fraction of sp³-hybridized carbons (Fsp3) is 0.333. The van der Waals surface area contributed by atoms with Crippen molar-refractivity contribution in [2.24, 2.45) is 4.99 Å². The quantitative estimate of drug-likeness (QED) is 0.559. The van der Waals surface area contributed by atoms with Gasteiger partial charge in [-0.2, -0.15) is 4.98 Å². The second-order valence-corrected chi connectivity index (χ2v) is 8.41. The van der Waals surface area contributed by atoms with Crippen LogP contribution in [0.5, 0.6) is 0 Å². The Morgan fingerprint density at radius 3 is 2.63 bits per heavy atom. The third kappa shape index (κ3) is 4.01. The summed E-state index contributed by atoms with van der Waals surface area (Å²) in [7, 11) is 1.25. The van der Waals surface area contributed by atoms with Gasteiger partial charge in [0.05, 0.1) is 35.8 Å². The SMILES string of the molecule is CCn1c2c3c(cc(CN4CCN(c5ccc(C(=O)OC)cc5F)CC4)c(F)c3nc1=O)NC=N2. The van der Waals surface area contributed by atoms with Crippen molar-refractivity contribution in [2.45, 2.75) is 20.0 Å². The average molecular weight is 482 g/mol. The zero-order chi connectivity index (χ0) is 24.7. The summed E-state index contributed by atoms with van der Waals surface area (Å²) in [4.78, 5) is 36.3. The van der Waals surface area contributed by atoms with Gasteiger partial charge >= 0.3 is 11.7 Å². The van der Waals surface area contributed by atoms with E-state index in [0.29, 0.717) is 67.4 Å². The molecule has 0 saturated carbocycles. The highest BCUT2D eigenvalue weighted by Crippen LogP contribution is 2.36. The van der Waals surface area contributed by atoms with Crippen molar-refractivity contribution in [3.63, 3.8) is 0 Å². The molecule has 0 amide bonds. The minimum absolute atomic E-state index is 0.0120. The maximum Gasteiger partial charge on any atom is 0.349 e. The zero-order valence-corrected chi connectivity index (χ0v) is 19.3. The van der Waals surface area contributed by atoms with Gasteiger partial charge in [-0.15, -0.1) is 0 Å². The van der Waals surface area contributed by atoms with Crippen LogP contribution in [0, 0.1) is 11.6 Å². The Morgan fingerprint density at radius 2 is 1.94 bits per heavy atom. The van der Waals surface area contributed by atoms with E-state index in [1.165, 1.54) is 30.1 Å². The van der Waals surface area contributed by atoms with E-state index >= 15 is 4.39 Å². The van der Waals surface area contributed by atoms with Crippen LogP contribution in [-0.2, 0) is 17.8 Å². The van der Waals surface area contributed by atoms with Gasteiger partial charge in [0.2, 0.25) is 0 Å². The van der Waals surface area contributed by atoms with Crippen LogP contribution in [0.15, 0.2) is 34.1 Å². The molecule has 0 unspecified atom stereocenters. The fourth-order valence-electron chi connectivity index (χ4n) is 4.62. The highest BCUT2D eigenvalue weighted by molar-refractivity contribution is 6.06. The number of piperazine rings is 1. The third-order valence-corrected chi connectivity index (χ3v) is 6.43. The van der Waals surface area contributed by atoms with Gasteiger partial charge in [0.1, 0.15) is 17.2 Å². The summed E-state index contributed by atoms with van der Waals surface area (Å²) in [5.74, 6) is -1.22. The van der Waals surface area contributed by atoms with Crippen LogP contribution in [0.2, 0.25) is 0 Å². The van der Waals surface area contributed by atoms with Crippen LogP contribution in [0.1, 0.15) is 22.8 Å². The molecule has 0 radical (unpaired) electrons. The van der Waals surface area contributed by atoms with E-state index < -0.39 is 23.3 Å². The number of carbonyl (C=O) groups is 1. The number of esters is 1. The number of aromatic nitrogens is 2. The molecular weight excluding hydrogens is 458 g/mol. The van der Waals surface area contributed by atoms with Crippen molar-refractivity contribution in [1.29, 1.82) is 0 Å². The first-order valence-corrected chi connectivity index (χ1v) is 11.3. The topological polar surface area (TPSA) is 92.1 Å². The molecule has 0 atom stereocenters. The third-order valence-electron chi connectivity index (χ3n) is 6.43. The van der Waals surface area contributed by atoms with Crippen molar-refractivity contribution >= 4 is 40.4 Å². The minimum Gasteiger partial charge on any atom is -0.465 e. The van der Waals surface area contributed by atoms with Crippen molar-refractivity contribution < 1.29 is 18.3 Å². The van der Waals surface area contributed by atoms with Crippen LogP contribution in [-0.4, -0.2) is 60.0 Å². The number of nitrogens with one attached hydrogen (secondary N) is 1. The van der Waals surface area contributed by atoms with E-state index in [0.717, 1.165) is 0 Å². The molecule has 9 nitrogen and oxygen atoms in total. The summed E-state index contributed by atoms with van der Waals surface area (Å²) in [5.41, 5.74) is 1.12. The van der Waals surface area contributed by atoms with Crippen LogP contribution in [0.3, 0.4) is 0 Å². The summed E-state index contributed by atoms with van der Waals surface area (Å²) < 4.78 is 36.1. The Labute approximate surface area is 199 Å². The molecule has 5 rings (SSSR count). The van der Waals surface area contributed by atoms with Crippen molar-refractivity contribution in [3.8, 4) is 0 Å². The lowest BCUT2D eigenvalue weighted by molar-refractivity contribution is 0.0600. The van der Waals surface area contributed by atoms with Crippen molar-refractivity contribution in [1.82, 2.24) is 14.5 Å². The van der Waals surface area contributed by atoms with E-state index in [9.17, 15) is 14.0 Å². The maximum absolute atomic E-state index is 15.5. The molecule has 1 fully saturated rings. The highest BCUT2D eigenvalue weighted by atomic mass is 19.1. The van der Waals surface area contributed by atoms with Crippen molar-refractivity contribution in [2.75, 3.05) is 43.5 Å².